The molecule has 180 valence electrons. The van der Waals surface area contributed by atoms with Crippen molar-refractivity contribution in [3.05, 3.63) is 36.0 Å². The minimum atomic E-state index is -0.441. The monoisotopic (exact) mass is 456 g/mol. The first-order valence-corrected chi connectivity index (χ1v) is 11.3. The Labute approximate surface area is 196 Å². The Bertz CT molecular complexity index is 941. The van der Waals surface area contributed by atoms with Gasteiger partial charge in [-0.1, -0.05) is 26.8 Å². The maximum atomic E-state index is 12.2. The second-order valence-corrected chi connectivity index (χ2v) is 9.22. The predicted molar refractivity (Wildman–Crippen MR) is 131 cm³/mol. The molecule has 1 aliphatic rings. The largest absolute Gasteiger partial charge is 0.493 e. The van der Waals surface area contributed by atoms with Crippen LogP contribution in [0.3, 0.4) is 0 Å². The molecule has 8 heteroatoms. The average molecular weight is 457 g/mol. The molecule has 1 aromatic carbocycles. The summed E-state index contributed by atoms with van der Waals surface area (Å²) < 4.78 is 16.6. The summed E-state index contributed by atoms with van der Waals surface area (Å²) in [7, 11) is 4.91. The van der Waals surface area contributed by atoms with Crippen LogP contribution in [0.25, 0.3) is 0 Å². The van der Waals surface area contributed by atoms with E-state index < -0.39 is 5.41 Å². The van der Waals surface area contributed by atoms with E-state index in [0.717, 1.165) is 56.2 Å². The molecule has 1 fully saturated rings. The summed E-state index contributed by atoms with van der Waals surface area (Å²) in [6.07, 6.45) is 2.76. The summed E-state index contributed by atoms with van der Waals surface area (Å²) in [6, 6.07) is 7.86. The summed E-state index contributed by atoms with van der Waals surface area (Å²) in [5, 5.41) is 2.93. The van der Waals surface area contributed by atoms with Crippen LogP contribution in [0.2, 0.25) is 0 Å². The number of nitrogens with one attached hydrogen (secondary N) is 1. The summed E-state index contributed by atoms with van der Waals surface area (Å²) in [5.41, 5.74) is 1.35. The number of hydrogen-bond acceptors (Lipinski definition) is 7. The first-order valence-electron chi connectivity index (χ1n) is 11.3. The summed E-state index contributed by atoms with van der Waals surface area (Å²) in [6.45, 7) is 10.1. The maximum Gasteiger partial charge on any atom is 0.229 e. The highest BCUT2D eigenvalue weighted by Crippen LogP contribution is 2.40. The van der Waals surface area contributed by atoms with Crippen LogP contribution in [0.15, 0.2) is 30.5 Å². The van der Waals surface area contributed by atoms with Gasteiger partial charge in [-0.3, -0.25) is 9.69 Å². The Morgan fingerprint density at radius 3 is 2.33 bits per heavy atom. The van der Waals surface area contributed by atoms with Gasteiger partial charge in [0.2, 0.25) is 11.7 Å². The lowest BCUT2D eigenvalue weighted by atomic mass is 9.96. The van der Waals surface area contributed by atoms with E-state index in [1.54, 1.807) is 27.5 Å². The quantitative estimate of drug-likeness (QED) is 0.679. The van der Waals surface area contributed by atoms with Gasteiger partial charge in [-0.05, 0) is 24.6 Å². The van der Waals surface area contributed by atoms with E-state index in [1.165, 1.54) is 0 Å². The highest BCUT2D eigenvalue weighted by molar-refractivity contribution is 5.94. The molecule has 0 spiro atoms. The Morgan fingerprint density at radius 1 is 0.970 bits per heavy atom. The minimum Gasteiger partial charge on any atom is -0.493 e. The normalized spacial score (nSPS) is 15.0. The molecule has 1 N–H and O–H groups in total. The Kier molecular flexibility index (Phi) is 8.02. The number of benzene rings is 1. The van der Waals surface area contributed by atoms with Crippen LogP contribution in [0.1, 0.15) is 32.8 Å². The van der Waals surface area contributed by atoms with Gasteiger partial charge in [0.05, 0.1) is 33.2 Å². The van der Waals surface area contributed by atoms with E-state index in [-0.39, 0.29) is 5.91 Å². The van der Waals surface area contributed by atoms with Gasteiger partial charge in [-0.15, -0.1) is 0 Å². The van der Waals surface area contributed by atoms with Gasteiger partial charge >= 0.3 is 0 Å². The van der Waals surface area contributed by atoms with Gasteiger partial charge < -0.3 is 24.4 Å². The molecule has 3 rings (SSSR count). The number of anilines is 2. The number of methoxy groups -OCH3 is 3. The molecule has 33 heavy (non-hydrogen) atoms. The zero-order valence-electron chi connectivity index (χ0n) is 20.6. The molecule has 0 unspecified atom stereocenters. The van der Waals surface area contributed by atoms with Crippen LogP contribution in [0.5, 0.6) is 17.2 Å². The fraction of sp³-hybridized carbons (Fsp3) is 0.520. The lowest BCUT2D eigenvalue weighted by Gasteiger charge is -2.24. The number of carbonyl (C=O) groups is 1. The number of aromatic nitrogens is 1. The van der Waals surface area contributed by atoms with Crippen LogP contribution in [0.4, 0.5) is 11.5 Å². The molecule has 0 radical (unpaired) electrons. The van der Waals surface area contributed by atoms with Crippen molar-refractivity contribution in [3.8, 4) is 17.2 Å². The highest BCUT2D eigenvalue weighted by atomic mass is 16.5. The Morgan fingerprint density at radius 2 is 1.73 bits per heavy atom. The molecule has 8 nitrogen and oxygen atoms in total. The van der Waals surface area contributed by atoms with E-state index in [9.17, 15) is 4.79 Å². The molecule has 2 aromatic rings. The maximum absolute atomic E-state index is 12.2. The number of rotatable bonds is 7. The van der Waals surface area contributed by atoms with Crippen molar-refractivity contribution in [2.45, 2.75) is 33.7 Å². The zero-order chi connectivity index (χ0) is 24.0. The number of pyridine rings is 1. The van der Waals surface area contributed by atoms with Crippen molar-refractivity contribution in [2.24, 2.45) is 5.41 Å². The predicted octanol–water partition coefficient (Wildman–Crippen LogP) is 3.80. The molecule has 0 atom stereocenters. The third-order valence-corrected chi connectivity index (χ3v) is 5.78. The van der Waals surface area contributed by atoms with Crippen LogP contribution < -0.4 is 24.4 Å². The molecule has 0 aliphatic carbocycles. The summed E-state index contributed by atoms with van der Waals surface area (Å²) in [5.74, 6) is 2.90. The molecule has 1 saturated heterocycles. The summed E-state index contributed by atoms with van der Waals surface area (Å²) in [4.78, 5) is 21.5. The lowest BCUT2D eigenvalue weighted by molar-refractivity contribution is -0.123. The van der Waals surface area contributed by atoms with Crippen LogP contribution in [-0.2, 0) is 11.3 Å². The standard InChI is InChI=1S/C25H36N4O4/c1-25(2,3)24(30)27-19-9-11-21(26-16-19)29-13-7-12-28(14-15-29)17-18-8-10-20(31-4)23(33-6)22(18)32-5/h8-11,16H,7,12-15,17H2,1-6H3,(H,27,30). The van der Waals surface area contributed by atoms with Crippen molar-refractivity contribution in [1.82, 2.24) is 9.88 Å². The van der Waals surface area contributed by atoms with Gasteiger partial charge in [0.15, 0.2) is 11.5 Å². The fourth-order valence-electron chi connectivity index (χ4n) is 3.85. The Hall–Kier alpha value is -3.00. The smallest absolute Gasteiger partial charge is 0.229 e. The molecule has 2 heterocycles. The van der Waals surface area contributed by atoms with E-state index in [1.807, 2.05) is 45.0 Å². The van der Waals surface area contributed by atoms with Crippen molar-refractivity contribution >= 4 is 17.4 Å². The molecule has 1 amide bonds. The topological polar surface area (TPSA) is 76.2 Å². The van der Waals surface area contributed by atoms with E-state index in [0.29, 0.717) is 17.2 Å². The molecule has 1 aliphatic heterocycles. The minimum absolute atomic E-state index is 0.0203. The van der Waals surface area contributed by atoms with Crippen molar-refractivity contribution < 1.29 is 19.0 Å². The van der Waals surface area contributed by atoms with Crippen molar-refractivity contribution in [2.75, 3.05) is 57.7 Å². The average Bonchev–Trinajstić information content (AvgIpc) is 3.04. The number of carbonyl (C=O) groups excluding carboxylic acids is 1. The zero-order valence-corrected chi connectivity index (χ0v) is 20.6. The van der Waals surface area contributed by atoms with Crippen molar-refractivity contribution in [1.29, 1.82) is 0 Å². The third kappa shape index (κ3) is 6.07. The van der Waals surface area contributed by atoms with Crippen LogP contribution >= 0.6 is 0 Å². The fourth-order valence-corrected chi connectivity index (χ4v) is 3.85. The molecular weight excluding hydrogens is 420 g/mol. The SMILES string of the molecule is COc1ccc(CN2CCCN(c3ccc(NC(=O)C(C)(C)C)cn3)CC2)c(OC)c1OC. The first kappa shape index (κ1) is 24.6. The van der Waals surface area contributed by atoms with Gasteiger partial charge in [-0.25, -0.2) is 4.98 Å². The summed E-state index contributed by atoms with van der Waals surface area (Å²) >= 11 is 0. The van der Waals surface area contributed by atoms with Gasteiger partial charge in [0.25, 0.3) is 0 Å². The van der Waals surface area contributed by atoms with Gasteiger partial charge in [0.1, 0.15) is 5.82 Å². The molecule has 1 aromatic heterocycles. The van der Waals surface area contributed by atoms with E-state index in [4.69, 9.17) is 14.2 Å². The highest BCUT2D eigenvalue weighted by Gasteiger charge is 2.22. The molecular formula is C25H36N4O4. The first-order chi connectivity index (χ1) is 15.8. The van der Waals surface area contributed by atoms with Crippen LogP contribution in [0, 0.1) is 5.41 Å². The number of nitrogens with zero attached hydrogens (tertiary/aromatic N) is 3. The van der Waals surface area contributed by atoms with Gasteiger partial charge in [-0.2, -0.15) is 0 Å². The number of amides is 1. The lowest BCUT2D eigenvalue weighted by Crippen LogP contribution is -2.31. The van der Waals surface area contributed by atoms with Crippen LogP contribution in [-0.4, -0.2) is 63.3 Å². The second kappa shape index (κ2) is 10.7. The Balaban J connectivity index is 1.64. The van der Waals surface area contributed by atoms with E-state index >= 15 is 0 Å². The van der Waals surface area contributed by atoms with E-state index in [2.05, 4.69) is 20.1 Å². The number of hydrogen-bond donors (Lipinski definition) is 1. The molecule has 0 saturated carbocycles. The van der Waals surface area contributed by atoms with Crippen molar-refractivity contribution in [3.63, 3.8) is 0 Å². The molecule has 0 bridgehead atoms. The third-order valence-electron chi connectivity index (χ3n) is 5.78. The number of ether oxygens (including phenoxy) is 3. The second-order valence-electron chi connectivity index (χ2n) is 9.22. The van der Waals surface area contributed by atoms with Gasteiger partial charge in [0, 0.05) is 43.7 Å².